The Bertz CT molecular complexity index is 302. The summed E-state index contributed by atoms with van der Waals surface area (Å²) in [5.41, 5.74) is 0. The molecule has 1 aliphatic heterocycles. The highest BCUT2D eigenvalue weighted by Gasteiger charge is 2.16. The Morgan fingerprint density at radius 2 is 1.76 bits per heavy atom. The Morgan fingerprint density at radius 1 is 1.05 bits per heavy atom. The van der Waals surface area contributed by atoms with Gasteiger partial charge in [0.05, 0.1) is 6.10 Å². The molecule has 122 valence electrons. The van der Waals surface area contributed by atoms with E-state index < -0.39 is 0 Å². The van der Waals surface area contributed by atoms with Gasteiger partial charge in [-0.25, -0.2) is 0 Å². The zero-order valence-corrected chi connectivity index (χ0v) is 13.3. The van der Waals surface area contributed by atoms with Crippen LogP contribution in [0.1, 0.15) is 64.7 Å². The molecular weight excluding hydrogens is 268 g/mol. The van der Waals surface area contributed by atoms with Crippen molar-refractivity contribution in [1.82, 2.24) is 10.6 Å². The van der Waals surface area contributed by atoms with Crippen LogP contribution in [0.25, 0.3) is 0 Å². The van der Waals surface area contributed by atoms with E-state index in [0.29, 0.717) is 6.54 Å². The first-order chi connectivity index (χ1) is 10.2. The van der Waals surface area contributed by atoms with Gasteiger partial charge in [0.15, 0.2) is 0 Å². The van der Waals surface area contributed by atoms with Gasteiger partial charge < -0.3 is 15.4 Å². The van der Waals surface area contributed by atoms with Gasteiger partial charge in [0.1, 0.15) is 0 Å². The normalized spacial score (nSPS) is 17.7. The largest absolute Gasteiger partial charge is 0.376 e. The summed E-state index contributed by atoms with van der Waals surface area (Å²) in [6.07, 6.45) is 8.68. The molecular formula is C16H30N2O3. The third-order valence-corrected chi connectivity index (χ3v) is 3.73. The Hall–Kier alpha value is -1.10. The number of ether oxygens (including phenoxy) is 1. The second-order valence-electron chi connectivity index (χ2n) is 5.70. The van der Waals surface area contributed by atoms with Crippen molar-refractivity contribution < 1.29 is 14.3 Å². The van der Waals surface area contributed by atoms with Gasteiger partial charge in [0, 0.05) is 32.5 Å². The number of carbonyl (C=O) groups is 2. The van der Waals surface area contributed by atoms with Gasteiger partial charge >= 0.3 is 0 Å². The molecule has 0 aromatic rings. The van der Waals surface area contributed by atoms with Crippen LogP contribution in [0.5, 0.6) is 0 Å². The fraction of sp³-hybridized carbons (Fsp3) is 0.875. The zero-order valence-electron chi connectivity index (χ0n) is 13.3. The molecule has 0 spiro atoms. The van der Waals surface area contributed by atoms with Crippen molar-refractivity contribution in [2.45, 2.75) is 70.8 Å². The van der Waals surface area contributed by atoms with Crippen molar-refractivity contribution in [2.75, 3.05) is 19.7 Å². The molecule has 2 amide bonds. The topological polar surface area (TPSA) is 67.4 Å². The molecule has 0 aliphatic carbocycles. The summed E-state index contributed by atoms with van der Waals surface area (Å²) < 4.78 is 5.43. The van der Waals surface area contributed by atoms with Gasteiger partial charge in [-0.05, 0) is 19.3 Å². The first-order valence-electron chi connectivity index (χ1n) is 8.37. The predicted octanol–water partition coefficient (Wildman–Crippen LogP) is 2.15. The molecule has 21 heavy (non-hydrogen) atoms. The lowest BCUT2D eigenvalue weighted by molar-refractivity contribution is -0.126. The molecule has 1 aliphatic rings. The highest BCUT2D eigenvalue weighted by Crippen LogP contribution is 2.10. The van der Waals surface area contributed by atoms with E-state index in [9.17, 15) is 9.59 Å². The summed E-state index contributed by atoms with van der Waals surface area (Å²) in [6.45, 7) is 4.27. The van der Waals surface area contributed by atoms with Crippen LogP contribution < -0.4 is 10.6 Å². The smallest absolute Gasteiger partial charge is 0.220 e. The van der Waals surface area contributed by atoms with Crippen molar-refractivity contribution in [3.63, 3.8) is 0 Å². The van der Waals surface area contributed by atoms with Crippen molar-refractivity contribution in [2.24, 2.45) is 0 Å². The van der Waals surface area contributed by atoms with Crippen LogP contribution in [0.15, 0.2) is 0 Å². The summed E-state index contributed by atoms with van der Waals surface area (Å²) in [7, 11) is 0. The second kappa shape index (κ2) is 11.5. The van der Waals surface area contributed by atoms with Crippen molar-refractivity contribution in [3.8, 4) is 0 Å². The minimum atomic E-state index is -0.0661. The number of hydrogen-bond donors (Lipinski definition) is 2. The summed E-state index contributed by atoms with van der Waals surface area (Å²) in [5.74, 6) is -0.0960. The lowest BCUT2D eigenvalue weighted by Gasteiger charge is -2.10. The molecule has 1 saturated heterocycles. The minimum absolute atomic E-state index is 0.0299. The number of unbranched alkanes of at least 4 members (excludes halogenated alkanes) is 4. The lowest BCUT2D eigenvalue weighted by atomic mass is 10.1. The van der Waals surface area contributed by atoms with E-state index in [1.165, 1.54) is 19.3 Å². The molecule has 0 aromatic heterocycles. The maximum absolute atomic E-state index is 11.6. The van der Waals surface area contributed by atoms with E-state index in [1.54, 1.807) is 0 Å². The van der Waals surface area contributed by atoms with Gasteiger partial charge in [-0.1, -0.05) is 32.6 Å². The van der Waals surface area contributed by atoms with Crippen LogP contribution in [0, 0.1) is 0 Å². The molecule has 1 heterocycles. The van der Waals surface area contributed by atoms with Crippen LogP contribution in [0.4, 0.5) is 0 Å². The average Bonchev–Trinajstić information content (AvgIpc) is 3.00. The Labute approximate surface area is 128 Å². The molecule has 1 unspecified atom stereocenters. The molecule has 5 heteroatoms. The standard InChI is InChI=1S/C16H30N2O3/c1-2-3-4-5-6-11-17-15(19)9-10-16(20)18-13-14-8-7-12-21-14/h14H,2-13H2,1H3,(H,17,19)(H,18,20). The summed E-state index contributed by atoms with van der Waals surface area (Å²) in [6, 6.07) is 0. The van der Waals surface area contributed by atoms with Crippen LogP contribution in [0.2, 0.25) is 0 Å². The average molecular weight is 298 g/mol. The minimum Gasteiger partial charge on any atom is -0.376 e. The maximum atomic E-state index is 11.6. The van der Waals surface area contributed by atoms with Gasteiger partial charge in [0.25, 0.3) is 0 Å². The highest BCUT2D eigenvalue weighted by atomic mass is 16.5. The second-order valence-corrected chi connectivity index (χ2v) is 5.70. The van der Waals surface area contributed by atoms with Gasteiger partial charge in [0.2, 0.25) is 11.8 Å². The van der Waals surface area contributed by atoms with Gasteiger partial charge in [-0.2, -0.15) is 0 Å². The maximum Gasteiger partial charge on any atom is 0.220 e. The van der Waals surface area contributed by atoms with E-state index >= 15 is 0 Å². The number of nitrogens with one attached hydrogen (secondary N) is 2. The number of amides is 2. The molecule has 0 saturated carbocycles. The molecule has 0 aromatic carbocycles. The quantitative estimate of drug-likeness (QED) is 0.574. The fourth-order valence-corrected chi connectivity index (χ4v) is 2.39. The Balaban J connectivity index is 1.92. The van der Waals surface area contributed by atoms with E-state index in [0.717, 1.165) is 38.8 Å². The SMILES string of the molecule is CCCCCCCNC(=O)CCC(=O)NCC1CCCO1. The highest BCUT2D eigenvalue weighted by molar-refractivity contribution is 5.83. The molecule has 1 fully saturated rings. The number of hydrogen-bond acceptors (Lipinski definition) is 3. The van der Waals surface area contributed by atoms with Gasteiger partial charge in [-0.15, -0.1) is 0 Å². The zero-order chi connectivity index (χ0) is 15.3. The summed E-state index contributed by atoms with van der Waals surface area (Å²) in [5, 5.41) is 5.69. The van der Waals surface area contributed by atoms with Gasteiger partial charge in [-0.3, -0.25) is 9.59 Å². The van der Waals surface area contributed by atoms with Crippen LogP contribution in [-0.4, -0.2) is 37.6 Å². The Kier molecular flexibility index (Phi) is 9.87. The Morgan fingerprint density at radius 3 is 2.43 bits per heavy atom. The predicted molar refractivity (Wildman–Crippen MR) is 83.0 cm³/mol. The first kappa shape index (κ1) is 18.0. The molecule has 1 atom stereocenters. The van der Waals surface area contributed by atoms with Crippen molar-refractivity contribution in [3.05, 3.63) is 0 Å². The van der Waals surface area contributed by atoms with Crippen LogP contribution >= 0.6 is 0 Å². The number of rotatable bonds is 11. The molecule has 2 N–H and O–H groups in total. The van der Waals surface area contributed by atoms with E-state index in [-0.39, 0.29) is 30.8 Å². The lowest BCUT2D eigenvalue weighted by Crippen LogP contribution is -2.33. The number of carbonyl (C=O) groups excluding carboxylic acids is 2. The first-order valence-corrected chi connectivity index (χ1v) is 8.37. The van der Waals surface area contributed by atoms with E-state index in [4.69, 9.17) is 4.74 Å². The molecule has 0 bridgehead atoms. The summed E-state index contributed by atoms with van der Waals surface area (Å²) in [4.78, 5) is 23.2. The van der Waals surface area contributed by atoms with Crippen molar-refractivity contribution in [1.29, 1.82) is 0 Å². The monoisotopic (exact) mass is 298 g/mol. The third-order valence-electron chi connectivity index (χ3n) is 3.73. The van der Waals surface area contributed by atoms with Crippen molar-refractivity contribution >= 4 is 11.8 Å². The molecule has 1 rings (SSSR count). The fourth-order valence-electron chi connectivity index (χ4n) is 2.39. The molecule has 5 nitrogen and oxygen atoms in total. The summed E-state index contributed by atoms with van der Waals surface area (Å²) >= 11 is 0. The third kappa shape index (κ3) is 9.45. The van der Waals surface area contributed by atoms with E-state index in [2.05, 4.69) is 17.6 Å². The van der Waals surface area contributed by atoms with Crippen LogP contribution in [0.3, 0.4) is 0 Å². The van der Waals surface area contributed by atoms with E-state index in [1.807, 2.05) is 0 Å². The molecule has 0 radical (unpaired) electrons. The van der Waals surface area contributed by atoms with Crippen LogP contribution in [-0.2, 0) is 14.3 Å².